The van der Waals surface area contributed by atoms with Crippen molar-refractivity contribution in [1.29, 1.82) is 0 Å². The van der Waals surface area contributed by atoms with Crippen LogP contribution in [0.25, 0.3) is 5.69 Å². The maximum absolute atomic E-state index is 13.1. The van der Waals surface area contributed by atoms with Gasteiger partial charge in [-0.2, -0.15) is 13.2 Å². The number of methoxy groups -OCH3 is 1. The summed E-state index contributed by atoms with van der Waals surface area (Å²) >= 11 is 6.03. The number of rotatable bonds is 14. The molecule has 3 unspecified atom stereocenters. The highest BCUT2D eigenvalue weighted by Crippen LogP contribution is 2.36. The number of carboxylic acids is 1. The van der Waals surface area contributed by atoms with E-state index in [-0.39, 0.29) is 30.8 Å². The minimum absolute atomic E-state index is 0.00687. The van der Waals surface area contributed by atoms with Gasteiger partial charge in [-0.05, 0) is 81.1 Å². The molecule has 1 fully saturated rings. The highest BCUT2D eigenvalue weighted by Gasteiger charge is 2.40. The SMILES string of the molecule is CC1(C)CON(Cc2ccccc2Cl)C1=O.CCc1ccc(COc2ccc(-n3c(=O)cc(C(F)(F)F)n(C)c3=O)cc2)c(OC(C)C(=O)OC)c1.CP(=O)(O)CCC(N)C(=O)O. The molecule has 1 aliphatic heterocycles. The number of ether oxygens (including phenoxy) is 3. The van der Waals surface area contributed by atoms with E-state index in [1.54, 1.807) is 6.92 Å². The Balaban J connectivity index is 0.000000319. The number of carboxylic acid groups (broad SMARTS) is 1. The zero-order valence-electron chi connectivity index (χ0n) is 35.7. The quantitative estimate of drug-likeness (QED) is 0.0983. The van der Waals surface area contributed by atoms with Gasteiger partial charge in [-0.3, -0.25) is 28.4 Å². The van der Waals surface area contributed by atoms with E-state index in [0.717, 1.165) is 24.6 Å². The number of aryl methyl sites for hydroxylation is 1. The molecule has 2 heterocycles. The van der Waals surface area contributed by atoms with E-state index in [9.17, 15) is 41.7 Å². The highest BCUT2D eigenvalue weighted by molar-refractivity contribution is 7.57. The van der Waals surface area contributed by atoms with Crippen LogP contribution in [0, 0.1) is 5.41 Å². The lowest BCUT2D eigenvalue weighted by atomic mass is 9.95. The van der Waals surface area contributed by atoms with Crippen LogP contribution in [-0.2, 0) is 61.3 Å². The van der Waals surface area contributed by atoms with Gasteiger partial charge in [-0.15, -0.1) is 0 Å². The molecule has 0 spiro atoms. The highest BCUT2D eigenvalue weighted by atomic mass is 35.5. The van der Waals surface area contributed by atoms with Gasteiger partial charge in [0.05, 0.1) is 31.4 Å². The Morgan fingerprint density at radius 3 is 2.19 bits per heavy atom. The first-order chi connectivity index (χ1) is 29.3. The van der Waals surface area contributed by atoms with E-state index < -0.39 is 60.0 Å². The first-order valence-corrected chi connectivity index (χ1v) is 21.9. The lowest BCUT2D eigenvalue weighted by molar-refractivity contribution is -0.165. The van der Waals surface area contributed by atoms with Gasteiger partial charge in [0.1, 0.15) is 29.8 Å². The molecular weight excluding hydrogens is 876 g/mol. The number of halogens is 4. The molecule has 1 amide bonds. The van der Waals surface area contributed by atoms with Gasteiger partial charge < -0.3 is 29.9 Å². The third-order valence-electron chi connectivity index (χ3n) is 9.31. The third kappa shape index (κ3) is 15.1. The Morgan fingerprint density at radius 1 is 1.03 bits per heavy atom. The van der Waals surface area contributed by atoms with Crippen molar-refractivity contribution in [3.05, 3.63) is 121 Å². The zero-order valence-corrected chi connectivity index (χ0v) is 37.3. The Labute approximate surface area is 366 Å². The van der Waals surface area contributed by atoms with Crippen LogP contribution in [0.2, 0.25) is 5.02 Å². The van der Waals surface area contributed by atoms with E-state index in [0.29, 0.717) is 50.4 Å². The summed E-state index contributed by atoms with van der Waals surface area (Å²) < 4.78 is 67.1. The Hall–Kier alpha value is -5.46. The number of esters is 1. The van der Waals surface area contributed by atoms with Crippen LogP contribution < -0.4 is 26.5 Å². The Morgan fingerprint density at radius 2 is 1.67 bits per heavy atom. The lowest BCUT2D eigenvalue weighted by Gasteiger charge is -2.17. The van der Waals surface area contributed by atoms with Gasteiger partial charge in [0, 0.05) is 36.5 Å². The van der Waals surface area contributed by atoms with Crippen molar-refractivity contribution < 1.29 is 61.2 Å². The number of nitrogens with zero attached hydrogens (tertiary/aromatic N) is 3. The third-order valence-corrected chi connectivity index (χ3v) is 10.8. The second-order valence-electron chi connectivity index (χ2n) is 15.0. The van der Waals surface area contributed by atoms with Crippen LogP contribution in [0.15, 0.2) is 82.4 Å². The summed E-state index contributed by atoms with van der Waals surface area (Å²) in [6, 6.07) is 18.1. The molecule has 0 saturated carbocycles. The van der Waals surface area contributed by atoms with Gasteiger partial charge in [-0.25, -0.2) is 19.2 Å². The molecule has 1 aliphatic rings. The molecule has 3 atom stereocenters. The summed E-state index contributed by atoms with van der Waals surface area (Å²) in [5, 5.41) is 10.3. The molecular formula is C42H51ClF3N4O12P. The maximum Gasteiger partial charge on any atom is 0.431 e. The van der Waals surface area contributed by atoms with Gasteiger partial charge in [0.15, 0.2) is 13.5 Å². The van der Waals surface area contributed by atoms with Crippen LogP contribution in [-0.4, -0.2) is 80.7 Å². The predicted octanol–water partition coefficient (Wildman–Crippen LogP) is 5.97. The molecule has 4 aromatic rings. The molecule has 3 aromatic carbocycles. The van der Waals surface area contributed by atoms with E-state index in [4.69, 9.17) is 46.4 Å². The number of benzene rings is 3. The van der Waals surface area contributed by atoms with Crippen LogP contribution in [0.4, 0.5) is 13.2 Å². The number of aromatic nitrogens is 2. The molecule has 63 heavy (non-hydrogen) atoms. The Kier molecular flexibility index (Phi) is 18.3. The fourth-order valence-corrected chi connectivity index (χ4v) is 6.49. The largest absolute Gasteiger partial charge is 0.489 e. The van der Waals surface area contributed by atoms with Crippen molar-refractivity contribution in [2.75, 3.05) is 26.5 Å². The molecule has 1 saturated heterocycles. The fourth-order valence-electron chi connectivity index (χ4n) is 5.54. The van der Waals surface area contributed by atoms with Crippen molar-refractivity contribution in [3.63, 3.8) is 0 Å². The van der Waals surface area contributed by atoms with Crippen molar-refractivity contribution in [2.24, 2.45) is 18.2 Å². The Bertz CT molecular complexity index is 2400. The smallest absolute Gasteiger partial charge is 0.431 e. The number of amides is 1. The molecule has 16 nitrogen and oxygen atoms in total. The summed E-state index contributed by atoms with van der Waals surface area (Å²) in [6.45, 7) is 9.40. The summed E-state index contributed by atoms with van der Waals surface area (Å²) in [6.07, 6.45) is -4.91. The molecule has 21 heteroatoms. The number of hydrogen-bond acceptors (Lipinski definition) is 11. The summed E-state index contributed by atoms with van der Waals surface area (Å²) in [4.78, 5) is 72.6. The van der Waals surface area contributed by atoms with Gasteiger partial charge >= 0.3 is 23.8 Å². The lowest BCUT2D eigenvalue weighted by Crippen LogP contribution is -2.40. The van der Waals surface area contributed by atoms with Crippen molar-refractivity contribution in [3.8, 4) is 17.2 Å². The van der Waals surface area contributed by atoms with Crippen molar-refractivity contribution in [1.82, 2.24) is 14.2 Å². The van der Waals surface area contributed by atoms with Gasteiger partial charge in [-0.1, -0.05) is 48.9 Å². The monoisotopic (exact) mass is 926 g/mol. The number of hydrogen-bond donors (Lipinski definition) is 3. The molecule has 344 valence electrons. The topological polar surface area (TPSA) is 219 Å². The number of nitrogens with two attached hydrogens (primary N) is 1. The summed E-state index contributed by atoms with van der Waals surface area (Å²) in [5.74, 6) is -0.819. The first-order valence-electron chi connectivity index (χ1n) is 19.2. The molecule has 0 radical (unpaired) electrons. The van der Waals surface area contributed by atoms with E-state index in [1.807, 2.05) is 63.2 Å². The average Bonchev–Trinajstić information content (AvgIpc) is 3.48. The molecule has 4 N–H and O–H groups in total. The number of aliphatic carboxylic acids is 1. The first kappa shape index (κ1) is 51.9. The normalized spacial score (nSPS) is 15.1. The predicted molar refractivity (Wildman–Crippen MR) is 227 cm³/mol. The second-order valence-corrected chi connectivity index (χ2v) is 18.0. The number of alkyl halides is 3. The fraction of sp³-hybridized carbons (Fsp3) is 0.405. The molecule has 5 rings (SSSR count). The molecule has 1 aromatic heterocycles. The summed E-state index contributed by atoms with van der Waals surface area (Å²) in [5.41, 5.74) is 3.76. The van der Waals surface area contributed by atoms with Crippen molar-refractivity contribution in [2.45, 2.75) is 72.0 Å². The maximum atomic E-state index is 13.1. The van der Waals surface area contributed by atoms with Crippen LogP contribution >= 0.6 is 19.0 Å². The minimum Gasteiger partial charge on any atom is -0.489 e. The standard InChI is InChI=1S/C25H25F3N2O6.C12H14ClNO2.C5H12NO4P/c1-5-16-6-7-17(20(12-16)36-15(2)23(32)34-4)14-35-19-10-8-18(9-11-19)30-22(31)13-21(25(26,27)28)29(3)24(30)33;1-12(2)8-16-14(11(12)15)7-9-5-3-4-6-10(9)13;1-11(9,10)3-2-4(6)5(7)8/h6-13,15H,5,14H2,1-4H3;3-6H,7-8H2,1-2H3;4H,2-3,6H2,1H3,(H,7,8)(H,9,10). The van der Waals surface area contributed by atoms with Crippen LogP contribution in [0.3, 0.4) is 0 Å². The molecule has 0 bridgehead atoms. The van der Waals surface area contributed by atoms with Gasteiger partial charge in [0.2, 0.25) is 0 Å². The zero-order chi connectivity index (χ0) is 47.4. The average molecular weight is 927 g/mol. The van der Waals surface area contributed by atoms with E-state index in [1.165, 1.54) is 43.1 Å². The van der Waals surface area contributed by atoms with Crippen LogP contribution in [0.5, 0.6) is 11.5 Å². The number of carbonyl (C=O) groups is 3. The van der Waals surface area contributed by atoms with Crippen LogP contribution in [0.1, 0.15) is 56.5 Å². The van der Waals surface area contributed by atoms with Gasteiger partial charge in [0.25, 0.3) is 11.5 Å². The minimum atomic E-state index is -4.84. The van der Waals surface area contributed by atoms with E-state index in [2.05, 4.69) is 0 Å². The van der Waals surface area contributed by atoms with E-state index >= 15 is 0 Å². The molecule has 0 aliphatic carbocycles. The number of hydroxylamine groups is 2. The summed E-state index contributed by atoms with van der Waals surface area (Å²) in [7, 11) is -0.884. The number of carbonyl (C=O) groups excluding carboxylic acids is 2. The second kappa shape index (κ2) is 22.2. The van der Waals surface area contributed by atoms with Crippen molar-refractivity contribution >= 4 is 36.8 Å².